The van der Waals surface area contributed by atoms with Crippen molar-refractivity contribution in [3.63, 3.8) is 0 Å². The zero-order valence-corrected chi connectivity index (χ0v) is 20.3. The zero-order valence-electron chi connectivity index (χ0n) is 19.5. The number of rotatable bonds is 10. The highest BCUT2D eigenvalue weighted by molar-refractivity contribution is 6.31. The Morgan fingerprint density at radius 3 is 2.21 bits per heavy atom. The van der Waals surface area contributed by atoms with Crippen LogP contribution < -0.4 is 5.32 Å². The summed E-state index contributed by atoms with van der Waals surface area (Å²) in [6.45, 7) is 4.05. The molecule has 4 nitrogen and oxygen atoms in total. The van der Waals surface area contributed by atoms with Gasteiger partial charge in [-0.2, -0.15) is 0 Å². The van der Waals surface area contributed by atoms with Crippen molar-refractivity contribution >= 4 is 23.4 Å². The van der Waals surface area contributed by atoms with Crippen molar-refractivity contribution in [1.29, 1.82) is 0 Å². The van der Waals surface area contributed by atoms with E-state index in [-0.39, 0.29) is 36.4 Å². The van der Waals surface area contributed by atoms with E-state index in [2.05, 4.69) is 5.32 Å². The predicted molar refractivity (Wildman–Crippen MR) is 134 cm³/mol. The van der Waals surface area contributed by atoms with Crippen LogP contribution in [0, 0.1) is 5.82 Å². The van der Waals surface area contributed by atoms with Gasteiger partial charge < -0.3 is 10.2 Å². The molecule has 6 heteroatoms. The Labute approximate surface area is 205 Å². The Morgan fingerprint density at radius 2 is 1.56 bits per heavy atom. The predicted octanol–water partition coefficient (Wildman–Crippen LogP) is 5.58. The highest BCUT2D eigenvalue weighted by Crippen LogP contribution is 2.22. The van der Waals surface area contributed by atoms with Gasteiger partial charge in [-0.3, -0.25) is 9.59 Å². The molecule has 0 radical (unpaired) electrons. The molecule has 0 bridgehead atoms. The van der Waals surface area contributed by atoms with Crippen LogP contribution in [0.5, 0.6) is 0 Å². The Balaban J connectivity index is 2.00. The highest BCUT2D eigenvalue weighted by Gasteiger charge is 2.31. The highest BCUT2D eigenvalue weighted by atomic mass is 35.5. The molecule has 0 fully saturated rings. The Bertz CT molecular complexity index is 1110. The number of amides is 2. The number of nitrogens with zero attached hydrogens (tertiary/aromatic N) is 1. The molecule has 3 aromatic rings. The van der Waals surface area contributed by atoms with Gasteiger partial charge in [0.15, 0.2) is 0 Å². The third-order valence-electron chi connectivity index (χ3n) is 5.87. The van der Waals surface area contributed by atoms with Gasteiger partial charge in [-0.1, -0.05) is 85.3 Å². The van der Waals surface area contributed by atoms with Crippen LogP contribution in [0.1, 0.15) is 37.0 Å². The molecule has 0 heterocycles. The molecule has 0 aromatic heterocycles. The summed E-state index contributed by atoms with van der Waals surface area (Å²) in [6.07, 6.45) is 0.938. The Hall–Kier alpha value is -3.18. The molecular formula is C28H30ClFN2O2. The minimum Gasteiger partial charge on any atom is -0.352 e. The van der Waals surface area contributed by atoms with Gasteiger partial charge in [-0.25, -0.2) is 4.39 Å². The van der Waals surface area contributed by atoms with Crippen LogP contribution in [0.2, 0.25) is 5.02 Å². The molecule has 0 aliphatic rings. The van der Waals surface area contributed by atoms with E-state index in [9.17, 15) is 14.0 Å². The zero-order chi connectivity index (χ0) is 24.5. The standard InChI is InChI=1S/C28H30ClFN2O2/c1-3-20(2)31-28(34)26(17-21-11-5-4-6-12-21)32(19-23-14-7-9-15-24(23)29)27(33)18-22-13-8-10-16-25(22)30/h4-16,20,26H,3,17-19H2,1-2H3,(H,31,34). The van der Waals surface area contributed by atoms with Crippen LogP contribution in [-0.2, 0) is 29.0 Å². The molecule has 3 aromatic carbocycles. The molecule has 0 saturated heterocycles. The van der Waals surface area contributed by atoms with Crippen LogP contribution in [-0.4, -0.2) is 28.8 Å². The lowest BCUT2D eigenvalue weighted by atomic mass is 10.0. The molecule has 2 amide bonds. The summed E-state index contributed by atoms with van der Waals surface area (Å²) in [6, 6.07) is 22.2. The average molecular weight is 481 g/mol. The maximum absolute atomic E-state index is 14.4. The summed E-state index contributed by atoms with van der Waals surface area (Å²) in [5.74, 6) is -1.03. The van der Waals surface area contributed by atoms with E-state index >= 15 is 0 Å². The Morgan fingerprint density at radius 1 is 0.941 bits per heavy atom. The van der Waals surface area contributed by atoms with E-state index in [1.54, 1.807) is 24.3 Å². The molecule has 34 heavy (non-hydrogen) atoms. The van der Waals surface area contributed by atoms with Crippen LogP contribution in [0.4, 0.5) is 4.39 Å². The topological polar surface area (TPSA) is 49.4 Å². The van der Waals surface area contributed by atoms with Crippen molar-refractivity contribution in [3.05, 3.63) is 106 Å². The van der Waals surface area contributed by atoms with Gasteiger partial charge in [-0.15, -0.1) is 0 Å². The lowest BCUT2D eigenvalue weighted by molar-refractivity contribution is -0.141. The minimum atomic E-state index is -0.785. The van der Waals surface area contributed by atoms with Crippen LogP contribution in [0.3, 0.4) is 0 Å². The first-order valence-corrected chi connectivity index (χ1v) is 11.9. The van der Waals surface area contributed by atoms with Gasteiger partial charge >= 0.3 is 0 Å². The molecule has 1 N–H and O–H groups in total. The lowest BCUT2D eigenvalue weighted by Gasteiger charge is -2.32. The number of hydrogen-bond acceptors (Lipinski definition) is 2. The van der Waals surface area contributed by atoms with E-state index < -0.39 is 11.9 Å². The third-order valence-corrected chi connectivity index (χ3v) is 6.24. The lowest BCUT2D eigenvalue weighted by Crippen LogP contribution is -2.52. The van der Waals surface area contributed by atoms with Crippen molar-refractivity contribution in [3.8, 4) is 0 Å². The molecule has 0 spiro atoms. The SMILES string of the molecule is CCC(C)NC(=O)C(Cc1ccccc1)N(Cc1ccccc1Cl)C(=O)Cc1ccccc1F. The van der Waals surface area contributed by atoms with E-state index in [4.69, 9.17) is 11.6 Å². The first kappa shape index (κ1) is 25.4. The first-order chi connectivity index (χ1) is 16.4. The smallest absolute Gasteiger partial charge is 0.243 e. The summed E-state index contributed by atoms with van der Waals surface area (Å²) in [4.78, 5) is 28.6. The van der Waals surface area contributed by atoms with Gasteiger partial charge in [0.2, 0.25) is 11.8 Å². The van der Waals surface area contributed by atoms with E-state index in [1.807, 2.05) is 62.4 Å². The molecule has 3 rings (SSSR count). The number of benzene rings is 3. The first-order valence-electron chi connectivity index (χ1n) is 11.5. The fourth-order valence-electron chi connectivity index (χ4n) is 3.71. The molecule has 178 valence electrons. The van der Waals surface area contributed by atoms with Crippen LogP contribution in [0.15, 0.2) is 78.9 Å². The second-order valence-corrected chi connectivity index (χ2v) is 8.81. The second kappa shape index (κ2) is 12.3. The maximum atomic E-state index is 14.4. The van der Waals surface area contributed by atoms with Gasteiger partial charge in [0.05, 0.1) is 6.42 Å². The van der Waals surface area contributed by atoms with Crippen molar-refractivity contribution in [2.24, 2.45) is 0 Å². The second-order valence-electron chi connectivity index (χ2n) is 8.40. The number of hydrogen-bond donors (Lipinski definition) is 1. The van der Waals surface area contributed by atoms with Gasteiger partial charge in [0.25, 0.3) is 0 Å². The fraction of sp³-hybridized carbons (Fsp3) is 0.286. The monoisotopic (exact) mass is 480 g/mol. The quantitative estimate of drug-likeness (QED) is 0.412. The normalized spacial score (nSPS) is 12.6. The van der Waals surface area contributed by atoms with Gasteiger partial charge in [-0.05, 0) is 42.2 Å². The average Bonchev–Trinajstić information content (AvgIpc) is 2.84. The van der Waals surface area contributed by atoms with Crippen molar-refractivity contribution in [2.75, 3.05) is 0 Å². The van der Waals surface area contributed by atoms with Gasteiger partial charge in [0, 0.05) is 24.0 Å². The summed E-state index contributed by atoms with van der Waals surface area (Å²) >= 11 is 6.41. The van der Waals surface area contributed by atoms with Crippen molar-refractivity contribution < 1.29 is 14.0 Å². The van der Waals surface area contributed by atoms with Crippen molar-refractivity contribution in [1.82, 2.24) is 10.2 Å². The summed E-state index contributed by atoms with van der Waals surface area (Å²) in [5, 5.41) is 3.53. The number of carbonyl (C=O) groups is 2. The summed E-state index contributed by atoms with van der Waals surface area (Å²) in [5.41, 5.74) is 1.94. The number of halogens is 2. The molecule has 0 aliphatic heterocycles. The largest absolute Gasteiger partial charge is 0.352 e. The van der Waals surface area contributed by atoms with Crippen LogP contribution >= 0.6 is 11.6 Å². The van der Waals surface area contributed by atoms with Crippen LogP contribution in [0.25, 0.3) is 0 Å². The number of nitrogens with one attached hydrogen (secondary N) is 1. The molecular weight excluding hydrogens is 451 g/mol. The summed E-state index contributed by atoms with van der Waals surface area (Å²) < 4.78 is 14.4. The van der Waals surface area contributed by atoms with E-state index in [0.29, 0.717) is 11.4 Å². The van der Waals surface area contributed by atoms with Gasteiger partial charge in [0.1, 0.15) is 11.9 Å². The van der Waals surface area contributed by atoms with Crippen molar-refractivity contribution in [2.45, 2.75) is 51.7 Å². The summed E-state index contributed by atoms with van der Waals surface area (Å²) in [7, 11) is 0. The molecule has 2 unspecified atom stereocenters. The maximum Gasteiger partial charge on any atom is 0.243 e. The molecule has 0 aliphatic carbocycles. The molecule has 0 saturated carbocycles. The minimum absolute atomic E-state index is 0.0467. The fourth-order valence-corrected chi connectivity index (χ4v) is 3.91. The molecule has 2 atom stereocenters. The third kappa shape index (κ3) is 6.91. The van der Waals surface area contributed by atoms with E-state index in [0.717, 1.165) is 17.5 Å². The van der Waals surface area contributed by atoms with E-state index in [1.165, 1.54) is 11.0 Å². The number of carbonyl (C=O) groups excluding carboxylic acids is 2. The Kier molecular flexibility index (Phi) is 9.23.